The maximum absolute atomic E-state index is 12.6. The predicted octanol–water partition coefficient (Wildman–Crippen LogP) is 1.83. The van der Waals surface area contributed by atoms with Gasteiger partial charge in [0.15, 0.2) is 6.10 Å². The Hall–Kier alpha value is -1.42. The Morgan fingerprint density at radius 2 is 2.13 bits per heavy atom. The van der Waals surface area contributed by atoms with Crippen molar-refractivity contribution in [2.24, 2.45) is 0 Å². The highest BCUT2D eigenvalue weighted by molar-refractivity contribution is 5.78. The fourth-order valence-corrected chi connectivity index (χ4v) is 1.42. The van der Waals surface area contributed by atoms with Crippen molar-refractivity contribution in [1.29, 1.82) is 0 Å². The Morgan fingerprint density at radius 3 is 2.73 bits per heavy atom. The second-order valence-electron chi connectivity index (χ2n) is 3.28. The number of hydrogen-bond donors (Lipinski definition) is 0. The molecule has 2 rings (SSSR count). The van der Waals surface area contributed by atoms with Crippen molar-refractivity contribution in [3.05, 3.63) is 35.6 Å². The quantitative estimate of drug-likeness (QED) is 0.564. The zero-order chi connectivity index (χ0) is 10.8. The second-order valence-corrected chi connectivity index (χ2v) is 3.28. The third kappa shape index (κ3) is 2.15. The van der Waals surface area contributed by atoms with Crippen molar-refractivity contribution >= 4 is 5.97 Å². The van der Waals surface area contributed by atoms with Crippen molar-refractivity contribution in [2.75, 3.05) is 6.61 Å². The van der Waals surface area contributed by atoms with Crippen LogP contribution in [0.1, 0.15) is 18.6 Å². The summed E-state index contributed by atoms with van der Waals surface area (Å²) in [7, 11) is 0. The summed E-state index contributed by atoms with van der Waals surface area (Å²) in [5, 5.41) is 0. The van der Waals surface area contributed by atoms with Gasteiger partial charge in [-0.3, -0.25) is 0 Å². The minimum Gasteiger partial charge on any atom is -0.464 e. The summed E-state index contributed by atoms with van der Waals surface area (Å²) in [5.74, 6) is -0.654. The van der Waals surface area contributed by atoms with Crippen LogP contribution >= 0.6 is 0 Å². The minimum absolute atomic E-state index is 0.273. The lowest BCUT2D eigenvalue weighted by Gasteiger charge is -1.97. The molecule has 0 saturated carbocycles. The molecule has 2 atom stereocenters. The van der Waals surface area contributed by atoms with Crippen molar-refractivity contribution in [1.82, 2.24) is 0 Å². The zero-order valence-electron chi connectivity index (χ0n) is 8.27. The van der Waals surface area contributed by atoms with Gasteiger partial charge >= 0.3 is 5.97 Å². The molecule has 1 aromatic carbocycles. The van der Waals surface area contributed by atoms with Crippen molar-refractivity contribution in [3.8, 4) is 0 Å². The van der Waals surface area contributed by atoms with Gasteiger partial charge < -0.3 is 9.47 Å². The van der Waals surface area contributed by atoms with Crippen LogP contribution in [0.15, 0.2) is 24.3 Å². The van der Waals surface area contributed by atoms with E-state index in [1.54, 1.807) is 19.1 Å². The molecule has 0 bridgehead atoms. The Labute approximate surface area is 86.8 Å². The fourth-order valence-electron chi connectivity index (χ4n) is 1.42. The average Bonchev–Trinajstić information content (AvgIpc) is 2.99. The molecular weight excluding hydrogens is 199 g/mol. The topological polar surface area (TPSA) is 38.8 Å². The smallest absolute Gasteiger partial charge is 0.338 e. The molecule has 1 heterocycles. The molecule has 1 fully saturated rings. The van der Waals surface area contributed by atoms with E-state index in [0.29, 0.717) is 6.61 Å². The van der Waals surface area contributed by atoms with Gasteiger partial charge in [0.25, 0.3) is 0 Å². The number of halogens is 1. The number of benzene rings is 1. The number of carbonyl (C=O) groups is 1. The molecule has 80 valence electrons. The lowest BCUT2D eigenvalue weighted by atomic mass is 10.1. The van der Waals surface area contributed by atoms with E-state index < -0.39 is 6.10 Å². The molecule has 1 aliphatic rings. The molecule has 1 aliphatic heterocycles. The van der Waals surface area contributed by atoms with Crippen LogP contribution in [-0.2, 0) is 14.3 Å². The maximum Gasteiger partial charge on any atom is 0.338 e. The van der Waals surface area contributed by atoms with E-state index in [0.717, 1.165) is 5.56 Å². The van der Waals surface area contributed by atoms with Crippen LogP contribution in [0.3, 0.4) is 0 Å². The fraction of sp³-hybridized carbons (Fsp3) is 0.364. The highest BCUT2D eigenvalue weighted by atomic mass is 19.1. The molecule has 0 spiro atoms. The van der Waals surface area contributed by atoms with E-state index >= 15 is 0 Å². The van der Waals surface area contributed by atoms with Gasteiger partial charge in [0.05, 0.1) is 6.61 Å². The van der Waals surface area contributed by atoms with Crippen LogP contribution < -0.4 is 0 Å². The predicted molar refractivity (Wildman–Crippen MR) is 50.6 cm³/mol. The van der Waals surface area contributed by atoms with E-state index in [1.807, 2.05) is 0 Å². The lowest BCUT2D eigenvalue weighted by molar-refractivity contribution is -0.144. The van der Waals surface area contributed by atoms with Gasteiger partial charge in [-0.1, -0.05) is 12.1 Å². The molecule has 0 N–H and O–H groups in total. The van der Waals surface area contributed by atoms with E-state index in [2.05, 4.69) is 0 Å². The van der Waals surface area contributed by atoms with E-state index in [4.69, 9.17) is 9.47 Å². The van der Waals surface area contributed by atoms with Crippen LogP contribution in [-0.4, -0.2) is 18.7 Å². The third-order valence-corrected chi connectivity index (χ3v) is 2.21. The van der Waals surface area contributed by atoms with Gasteiger partial charge in [-0.2, -0.15) is 0 Å². The first kappa shape index (κ1) is 10.1. The first-order valence-corrected chi connectivity index (χ1v) is 4.80. The van der Waals surface area contributed by atoms with Crippen LogP contribution in [0.5, 0.6) is 0 Å². The monoisotopic (exact) mass is 210 g/mol. The van der Waals surface area contributed by atoms with Gasteiger partial charge in [0.1, 0.15) is 11.9 Å². The number of rotatable bonds is 3. The SMILES string of the molecule is CCOC(=O)[C@@H]1O[C@@H]1c1ccc(F)cc1. The van der Waals surface area contributed by atoms with Crippen LogP contribution in [0.4, 0.5) is 4.39 Å². The molecule has 15 heavy (non-hydrogen) atoms. The standard InChI is InChI=1S/C11H11FO3/c1-2-14-11(13)10-9(15-10)7-3-5-8(12)6-4-7/h3-6,9-10H,2H2,1H3/t9-,10-/m1/s1. The first-order chi connectivity index (χ1) is 7.22. The number of esters is 1. The van der Waals surface area contributed by atoms with E-state index in [-0.39, 0.29) is 17.9 Å². The molecule has 4 heteroatoms. The Balaban J connectivity index is 1.98. The Kier molecular flexibility index (Phi) is 2.68. The zero-order valence-corrected chi connectivity index (χ0v) is 8.27. The lowest BCUT2D eigenvalue weighted by Crippen LogP contribution is -2.11. The normalized spacial score (nSPS) is 23.6. The Morgan fingerprint density at radius 1 is 1.47 bits per heavy atom. The summed E-state index contributed by atoms with van der Waals surface area (Å²) in [4.78, 5) is 11.2. The highest BCUT2D eigenvalue weighted by Crippen LogP contribution is 2.39. The van der Waals surface area contributed by atoms with Crippen molar-refractivity contribution < 1.29 is 18.7 Å². The van der Waals surface area contributed by atoms with Gasteiger partial charge in [-0.15, -0.1) is 0 Å². The first-order valence-electron chi connectivity index (χ1n) is 4.80. The summed E-state index contributed by atoms with van der Waals surface area (Å²) in [5.41, 5.74) is 0.800. The minimum atomic E-state index is -0.518. The van der Waals surface area contributed by atoms with Gasteiger partial charge in [-0.25, -0.2) is 9.18 Å². The number of carbonyl (C=O) groups excluding carboxylic acids is 1. The second kappa shape index (κ2) is 3.98. The molecular formula is C11H11FO3. The molecule has 1 saturated heterocycles. The highest BCUT2D eigenvalue weighted by Gasteiger charge is 2.47. The third-order valence-electron chi connectivity index (χ3n) is 2.21. The maximum atomic E-state index is 12.6. The Bertz CT molecular complexity index is 361. The summed E-state index contributed by atoms with van der Waals surface area (Å²) < 4.78 is 22.6. The van der Waals surface area contributed by atoms with Gasteiger partial charge in [0, 0.05) is 0 Å². The molecule has 0 aliphatic carbocycles. The van der Waals surface area contributed by atoms with Crippen molar-refractivity contribution in [2.45, 2.75) is 19.1 Å². The number of ether oxygens (including phenoxy) is 2. The summed E-state index contributed by atoms with van der Waals surface area (Å²) in [6.07, 6.45) is -0.792. The summed E-state index contributed by atoms with van der Waals surface area (Å²) in [6.45, 7) is 2.09. The average molecular weight is 210 g/mol. The molecule has 0 aromatic heterocycles. The van der Waals surface area contributed by atoms with Gasteiger partial charge in [-0.05, 0) is 24.6 Å². The van der Waals surface area contributed by atoms with Crippen LogP contribution in [0.25, 0.3) is 0 Å². The number of hydrogen-bond acceptors (Lipinski definition) is 3. The largest absolute Gasteiger partial charge is 0.464 e. The summed E-state index contributed by atoms with van der Waals surface area (Å²) in [6, 6.07) is 5.91. The van der Waals surface area contributed by atoms with Crippen LogP contribution in [0, 0.1) is 5.82 Å². The molecule has 0 amide bonds. The molecule has 0 radical (unpaired) electrons. The summed E-state index contributed by atoms with van der Waals surface area (Å²) >= 11 is 0. The van der Waals surface area contributed by atoms with E-state index in [1.165, 1.54) is 12.1 Å². The van der Waals surface area contributed by atoms with Crippen molar-refractivity contribution in [3.63, 3.8) is 0 Å². The van der Waals surface area contributed by atoms with E-state index in [9.17, 15) is 9.18 Å². The molecule has 3 nitrogen and oxygen atoms in total. The number of epoxide rings is 1. The molecule has 0 unspecified atom stereocenters. The molecule has 1 aromatic rings. The van der Waals surface area contributed by atoms with Crippen LogP contribution in [0.2, 0.25) is 0 Å². The van der Waals surface area contributed by atoms with Gasteiger partial charge in [0.2, 0.25) is 0 Å².